The van der Waals surface area contributed by atoms with E-state index in [1.54, 1.807) is 32.9 Å². The van der Waals surface area contributed by atoms with Crippen LogP contribution in [-0.4, -0.2) is 64.6 Å². The standard InChI is InChI=1S/C28H44BrNO6S2/c1-7-19(12-10-9-11-15-30(38(6,35)36)26(33)27(3,4)5)22-16-20(31)17-28(22,34)18-21(23(32)8-2)24-13-14-25(29)37-24/h9,11,13-14,18-20,22-23,31-32,34H,7-8,10,12,15-17H2,1-6H3. The molecule has 0 radical (unpaired) electrons. The maximum atomic E-state index is 12.6. The van der Waals surface area contributed by atoms with Crippen LogP contribution in [0.4, 0.5) is 0 Å². The van der Waals surface area contributed by atoms with E-state index in [1.807, 2.05) is 25.1 Å². The van der Waals surface area contributed by atoms with Crippen molar-refractivity contribution in [1.29, 1.82) is 0 Å². The molecule has 0 spiro atoms. The van der Waals surface area contributed by atoms with Crippen molar-refractivity contribution in [3.05, 3.63) is 39.0 Å². The van der Waals surface area contributed by atoms with Gasteiger partial charge in [0.1, 0.15) is 0 Å². The lowest BCUT2D eigenvalue weighted by Crippen LogP contribution is -2.42. The second-order valence-electron chi connectivity index (χ2n) is 11.4. The lowest BCUT2D eigenvalue weighted by molar-refractivity contribution is -0.134. The Morgan fingerprint density at radius 3 is 2.42 bits per heavy atom. The lowest BCUT2D eigenvalue weighted by atomic mass is 9.76. The van der Waals surface area contributed by atoms with Gasteiger partial charge in [-0.1, -0.05) is 53.2 Å². The number of hydrogen-bond donors (Lipinski definition) is 3. The fraction of sp³-hybridized carbons (Fsp3) is 0.679. The monoisotopic (exact) mass is 633 g/mol. The summed E-state index contributed by atoms with van der Waals surface area (Å²) in [5.41, 5.74) is -1.38. The van der Waals surface area contributed by atoms with Crippen molar-refractivity contribution in [3.8, 4) is 0 Å². The van der Waals surface area contributed by atoms with E-state index in [4.69, 9.17) is 0 Å². The highest BCUT2D eigenvalue weighted by Crippen LogP contribution is 2.46. The van der Waals surface area contributed by atoms with Crippen LogP contribution in [-0.2, 0) is 14.8 Å². The van der Waals surface area contributed by atoms with Crippen LogP contribution in [0.1, 0.15) is 78.0 Å². The summed E-state index contributed by atoms with van der Waals surface area (Å²) in [4.78, 5) is 13.5. The fourth-order valence-electron chi connectivity index (χ4n) is 5.20. The van der Waals surface area contributed by atoms with Crippen molar-refractivity contribution < 1.29 is 28.5 Å². The van der Waals surface area contributed by atoms with Crippen molar-refractivity contribution in [1.82, 2.24) is 4.31 Å². The number of aliphatic hydroxyl groups excluding tert-OH is 2. The Balaban J connectivity index is 2.20. The maximum Gasteiger partial charge on any atom is 0.241 e. The van der Waals surface area contributed by atoms with Gasteiger partial charge in [0.25, 0.3) is 0 Å². The summed E-state index contributed by atoms with van der Waals surface area (Å²) in [5, 5.41) is 33.2. The minimum atomic E-state index is -3.69. The zero-order valence-corrected chi connectivity index (χ0v) is 26.6. The molecular formula is C28H44BrNO6S2. The number of carbonyl (C=O) groups is 1. The third-order valence-electron chi connectivity index (χ3n) is 7.24. The van der Waals surface area contributed by atoms with Crippen LogP contribution in [0, 0.1) is 17.3 Å². The van der Waals surface area contributed by atoms with Gasteiger partial charge in [-0.05, 0) is 77.2 Å². The summed E-state index contributed by atoms with van der Waals surface area (Å²) in [7, 11) is -3.69. The Bertz CT molecular complexity index is 1110. The number of allylic oxidation sites excluding steroid dienone is 1. The van der Waals surface area contributed by atoms with Gasteiger partial charge in [0.2, 0.25) is 15.9 Å². The summed E-state index contributed by atoms with van der Waals surface area (Å²) in [5.74, 6) is -0.528. The highest BCUT2D eigenvalue weighted by molar-refractivity contribution is 9.11. The highest BCUT2D eigenvalue weighted by Gasteiger charge is 2.47. The number of amides is 1. The average molecular weight is 635 g/mol. The van der Waals surface area contributed by atoms with Crippen LogP contribution >= 0.6 is 27.3 Å². The van der Waals surface area contributed by atoms with Crippen molar-refractivity contribution in [3.63, 3.8) is 0 Å². The molecule has 2 rings (SSSR count). The minimum absolute atomic E-state index is 0.0187. The van der Waals surface area contributed by atoms with Gasteiger partial charge in [-0.25, -0.2) is 12.7 Å². The average Bonchev–Trinajstić information content (AvgIpc) is 3.37. The molecule has 1 aliphatic rings. The summed E-state index contributed by atoms with van der Waals surface area (Å²) < 4.78 is 26.2. The predicted molar refractivity (Wildman–Crippen MR) is 158 cm³/mol. The number of halogens is 1. The molecule has 10 heteroatoms. The first-order chi connectivity index (χ1) is 17.5. The zero-order valence-electron chi connectivity index (χ0n) is 23.4. The van der Waals surface area contributed by atoms with Crippen molar-refractivity contribution in [2.45, 2.75) is 91.0 Å². The molecular weight excluding hydrogens is 590 g/mol. The molecule has 1 fully saturated rings. The minimum Gasteiger partial charge on any atom is -0.393 e. The van der Waals surface area contributed by atoms with Crippen LogP contribution in [0.5, 0.6) is 0 Å². The van der Waals surface area contributed by atoms with Crippen LogP contribution in [0.25, 0.3) is 5.57 Å². The molecule has 0 aliphatic heterocycles. The molecule has 3 N–H and O–H groups in total. The van der Waals surface area contributed by atoms with E-state index in [0.717, 1.165) is 32.1 Å². The maximum absolute atomic E-state index is 12.6. The fourth-order valence-corrected chi connectivity index (χ4v) is 7.58. The van der Waals surface area contributed by atoms with Gasteiger partial charge in [-0.3, -0.25) is 4.79 Å². The number of thiophene rings is 1. The van der Waals surface area contributed by atoms with Gasteiger partial charge in [0, 0.05) is 16.7 Å². The van der Waals surface area contributed by atoms with Crippen molar-refractivity contribution >= 4 is 48.8 Å². The highest BCUT2D eigenvalue weighted by atomic mass is 79.9. The lowest BCUT2D eigenvalue weighted by Gasteiger charge is -2.34. The van der Waals surface area contributed by atoms with Gasteiger partial charge in [-0.15, -0.1) is 11.3 Å². The van der Waals surface area contributed by atoms with E-state index in [-0.39, 0.29) is 24.8 Å². The Hall–Kier alpha value is -1.04. The van der Waals surface area contributed by atoms with Gasteiger partial charge in [0.05, 0.1) is 34.4 Å². The van der Waals surface area contributed by atoms with Gasteiger partial charge in [-0.2, -0.15) is 0 Å². The van der Waals surface area contributed by atoms with Gasteiger partial charge < -0.3 is 15.3 Å². The first-order valence-electron chi connectivity index (χ1n) is 13.3. The van der Waals surface area contributed by atoms with Gasteiger partial charge in [0.15, 0.2) is 0 Å². The van der Waals surface area contributed by atoms with E-state index >= 15 is 0 Å². The molecule has 38 heavy (non-hydrogen) atoms. The molecule has 5 atom stereocenters. The molecule has 216 valence electrons. The zero-order chi connectivity index (χ0) is 28.9. The quantitative estimate of drug-likeness (QED) is 0.267. The van der Waals surface area contributed by atoms with Crippen LogP contribution < -0.4 is 0 Å². The summed E-state index contributed by atoms with van der Waals surface area (Å²) >= 11 is 4.98. The first kappa shape index (κ1) is 33.2. The second kappa shape index (κ2) is 13.5. The van der Waals surface area contributed by atoms with Crippen LogP contribution in [0.15, 0.2) is 34.1 Å². The van der Waals surface area contributed by atoms with Crippen molar-refractivity contribution in [2.75, 3.05) is 12.8 Å². The summed E-state index contributed by atoms with van der Waals surface area (Å²) in [6.45, 7) is 9.02. The molecule has 1 saturated carbocycles. The second-order valence-corrected chi connectivity index (χ2v) is 15.8. The summed E-state index contributed by atoms with van der Waals surface area (Å²) in [6, 6.07) is 3.85. The van der Waals surface area contributed by atoms with E-state index < -0.39 is 39.2 Å². The number of hydrogen-bond acceptors (Lipinski definition) is 7. The van der Waals surface area contributed by atoms with Crippen LogP contribution in [0.2, 0.25) is 0 Å². The van der Waals surface area contributed by atoms with E-state index in [1.165, 1.54) is 11.3 Å². The SMILES string of the molecule is CCC(O)C(=CC1(O)CC(O)CC1C(CC)CCC=CCN(C(=O)C(C)(C)C)S(C)(=O)=O)c1ccc(Br)s1. The number of aliphatic hydroxyl groups is 3. The molecule has 0 saturated heterocycles. The molecule has 5 unspecified atom stereocenters. The topological polar surface area (TPSA) is 115 Å². The third kappa shape index (κ3) is 8.73. The van der Waals surface area contributed by atoms with Gasteiger partial charge >= 0.3 is 0 Å². The molecule has 0 bridgehead atoms. The predicted octanol–water partition coefficient (Wildman–Crippen LogP) is 5.36. The van der Waals surface area contributed by atoms with E-state index in [2.05, 4.69) is 22.9 Å². The van der Waals surface area contributed by atoms with Crippen LogP contribution in [0.3, 0.4) is 0 Å². The Labute approximate surface area is 240 Å². The molecule has 1 aromatic heterocycles. The smallest absolute Gasteiger partial charge is 0.241 e. The molecule has 1 aromatic rings. The number of carbonyl (C=O) groups excluding carboxylic acids is 1. The first-order valence-corrected chi connectivity index (χ1v) is 16.7. The Kier molecular flexibility index (Phi) is 11.8. The normalized spacial score (nSPS) is 24.6. The Morgan fingerprint density at radius 1 is 1.26 bits per heavy atom. The molecule has 0 aromatic carbocycles. The molecule has 7 nitrogen and oxygen atoms in total. The largest absolute Gasteiger partial charge is 0.393 e. The Morgan fingerprint density at radius 2 is 1.92 bits per heavy atom. The summed E-state index contributed by atoms with van der Waals surface area (Å²) in [6.07, 6.45) is 8.44. The molecule has 1 heterocycles. The van der Waals surface area contributed by atoms with E-state index in [9.17, 15) is 28.5 Å². The third-order valence-corrected chi connectivity index (χ3v) is 10.0. The number of sulfonamides is 1. The molecule has 1 aliphatic carbocycles. The van der Waals surface area contributed by atoms with Crippen molar-refractivity contribution in [2.24, 2.45) is 17.3 Å². The molecule has 1 amide bonds. The van der Waals surface area contributed by atoms with E-state index in [0.29, 0.717) is 24.8 Å². The number of nitrogens with zero attached hydrogens (tertiary/aromatic N) is 1. The number of rotatable bonds is 12.